The molecule has 0 aromatic carbocycles. The Balaban J connectivity index is 2.91. The maximum absolute atomic E-state index is 12.3. The summed E-state index contributed by atoms with van der Waals surface area (Å²) < 4.78 is 29.3. The van der Waals surface area contributed by atoms with Gasteiger partial charge in [0.05, 0.1) is 4.90 Å². The third kappa shape index (κ3) is 4.61. The highest BCUT2D eigenvalue weighted by Crippen LogP contribution is 2.15. The fraction of sp³-hybridized carbons (Fsp3) is 0.714. The number of rotatable bonds is 9. The van der Waals surface area contributed by atoms with Crippen molar-refractivity contribution >= 4 is 10.0 Å². The SMILES string of the molecule is CCCn1cc(S(=O)(=O)NCC(C)CC)cc1CNC. The Kier molecular flexibility index (Phi) is 6.71. The summed E-state index contributed by atoms with van der Waals surface area (Å²) >= 11 is 0. The van der Waals surface area contributed by atoms with Crippen molar-refractivity contribution in [3.05, 3.63) is 18.0 Å². The molecule has 0 saturated carbocycles. The molecule has 0 aliphatic carbocycles. The summed E-state index contributed by atoms with van der Waals surface area (Å²) in [5.74, 6) is 0.347. The van der Waals surface area contributed by atoms with Crippen LogP contribution in [0, 0.1) is 5.92 Å². The standard InChI is InChI=1S/C14H27N3O2S/c1-5-7-17-11-14(8-13(17)10-15-4)20(18,19)16-9-12(3)6-2/h8,11-12,15-16H,5-7,9-10H2,1-4H3. The molecule has 0 radical (unpaired) electrons. The molecule has 0 saturated heterocycles. The van der Waals surface area contributed by atoms with Crippen LogP contribution in [0.25, 0.3) is 0 Å². The first-order valence-corrected chi connectivity index (χ1v) is 8.76. The molecule has 0 aliphatic heterocycles. The molecule has 1 aromatic rings. The van der Waals surface area contributed by atoms with Gasteiger partial charge in [0.1, 0.15) is 0 Å². The van der Waals surface area contributed by atoms with Crippen LogP contribution in [0.5, 0.6) is 0 Å². The van der Waals surface area contributed by atoms with E-state index in [1.807, 2.05) is 18.5 Å². The van der Waals surface area contributed by atoms with Crippen LogP contribution < -0.4 is 10.0 Å². The molecule has 1 rings (SSSR count). The van der Waals surface area contributed by atoms with Crippen LogP contribution >= 0.6 is 0 Å². The first-order valence-electron chi connectivity index (χ1n) is 7.27. The van der Waals surface area contributed by atoms with Crippen LogP contribution in [0.3, 0.4) is 0 Å². The minimum absolute atomic E-state index is 0.347. The van der Waals surface area contributed by atoms with Crippen molar-refractivity contribution in [3.8, 4) is 0 Å². The second-order valence-electron chi connectivity index (χ2n) is 5.26. The predicted octanol–water partition coefficient (Wildman–Crippen LogP) is 1.94. The molecule has 0 bridgehead atoms. The number of sulfonamides is 1. The summed E-state index contributed by atoms with van der Waals surface area (Å²) in [4.78, 5) is 0.361. The Morgan fingerprint density at radius 1 is 1.35 bits per heavy atom. The van der Waals surface area contributed by atoms with Gasteiger partial charge in [-0.05, 0) is 25.5 Å². The average molecular weight is 301 g/mol. The van der Waals surface area contributed by atoms with Crippen molar-refractivity contribution in [2.24, 2.45) is 5.92 Å². The average Bonchev–Trinajstić information content (AvgIpc) is 2.81. The molecule has 0 spiro atoms. The minimum atomic E-state index is -3.40. The van der Waals surface area contributed by atoms with Crippen molar-refractivity contribution < 1.29 is 8.42 Å². The Bertz CT molecular complexity index is 485. The van der Waals surface area contributed by atoms with Crippen molar-refractivity contribution in [1.29, 1.82) is 0 Å². The van der Waals surface area contributed by atoms with Crippen LogP contribution in [-0.4, -0.2) is 26.6 Å². The third-order valence-electron chi connectivity index (χ3n) is 3.41. The van der Waals surface area contributed by atoms with E-state index in [0.717, 1.165) is 25.1 Å². The van der Waals surface area contributed by atoms with Gasteiger partial charge in [-0.1, -0.05) is 27.2 Å². The van der Waals surface area contributed by atoms with E-state index in [1.165, 1.54) is 0 Å². The van der Waals surface area contributed by atoms with Gasteiger partial charge in [0, 0.05) is 31.5 Å². The summed E-state index contributed by atoms with van der Waals surface area (Å²) in [5, 5.41) is 3.07. The number of aryl methyl sites for hydroxylation is 1. The monoisotopic (exact) mass is 301 g/mol. The van der Waals surface area contributed by atoms with E-state index in [0.29, 0.717) is 23.9 Å². The van der Waals surface area contributed by atoms with E-state index in [4.69, 9.17) is 0 Å². The first-order chi connectivity index (χ1) is 9.44. The fourth-order valence-electron chi connectivity index (χ4n) is 1.93. The Labute approximate surface area is 122 Å². The molecule has 1 atom stereocenters. The summed E-state index contributed by atoms with van der Waals surface area (Å²) in [6.45, 7) is 8.16. The number of aromatic nitrogens is 1. The maximum atomic E-state index is 12.3. The number of hydrogen-bond donors (Lipinski definition) is 2. The van der Waals surface area contributed by atoms with Crippen LogP contribution in [0.2, 0.25) is 0 Å². The zero-order valence-electron chi connectivity index (χ0n) is 12.9. The molecule has 1 unspecified atom stereocenters. The number of nitrogens with zero attached hydrogens (tertiary/aromatic N) is 1. The van der Waals surface area contributed by atoms with Crippen molar-refractivity contribution in [2.75, 3.05) is 13.6 Å². The second-order valence-corrected chi connectivity index (χ2v) is 7.02. The summed E-state index contributed by atoms with van der Waals surface area (Å²) in [5.41, 5.74) is 0.998. The molecule has 0 amide bonds. The lowest BCUT2D eigenvalue weighted by molar-refractivity contribution is 0.528. The molecule has 0 aliphatic rings. The van der Waals surface area contributed by atoms with Crippen LogP contribution in [-0.2, 0) is 23.1 Å². The molecule has 20 heavy (non-hydrogen) atoms. The van der Waals surface area contributed by atoms with E-state index in [9.17, 15) is 8.42 Å². The molecule has 116 valence electrons. The van der Waals surface area contributed by atoms with Crippen LogP contribution in [0.4, 0.5) is 0 Å². The van der Waals surface area contributed by atoms with E-state index < -0.39 is 10.0 Å². The fourth-order valence-corrected chi connectivity index (χ4v) is 3.16. The van der Waals surface area contributed by atoms with Gasteiger partial charge in [-0.15, -0.1) is 0 Å². The molecular weight excluding hydrogens is 274 g/mol. The van der Waals surface area contributed by atoms with Crippen molar-refractivity contribution in [1.82, 2.24) is 14.6 Å². The van der Waals surface area contributed by atoms with Crippen LogP contribution in [0.1, 0.15) is 39.3 Å². The smallest absolute Gasteiger partial charge is 0.242 e. The van der Waals surface area contributed by atoms with Gasteiger partial charge >= 0.3 is 0 Å². The molecular formula is C14H27N3O2S. The lowest BCUT2D eigenvalue weighted by Gasteiger charge is -2.09. The molecule has 1 heterocycles. The Morgan fingerprint density at radius 2 is 2.05 bits per heavy atom. The quantitative estimate of drug-likeness (QED) is 0.733. The van der Waals surface area contributed by atoms with E-state index in [1.54, 1.807) is 12.3 Å². The van der Waals surface area contributed by atoms with Gasteiger partial charge in [-0.2, -0.15) is 0 Å². The van der Waals surface area contributed by atoms with Gasteiger partial charge in [0.15, 0.2) is 0 Å². The third-order valence-corrected chi connectivity index (χ3v) is 4.80. The van der Waals surface area contributed by atoms with E-state index in [2.05, 4.69) is 23.9 Å². The normalized spacial score (nSPS) is 13.6. The van der Waals surface area contributed by atoms with Gasteiger partial charge in [0.25, 0.3) is 0 Å². The second kappa shape index (κ2) is 7.81. The van der Waals surface area contributed by atoms with Gasteiger partial charge < -0.3 is 9.88 Å². The summed E-state index contributed by atoms with van der Waals surface area (Å²) in [6, 6.07) is 1.76. The summed E-state index contributed by atoms with van der Waals surface area (Å²) in [6.07, 6.45) is 3.67. The Morgan fingerprint density at radius 3 is 2.60 bits per heavy atom. The molecule has 6 heteroatoms. The van der Waals surface area contributed by atoms with Crippen molar-refractivity contribution in [3.63, 3.8) is 0 Å². The number of hydrogen-bond acceptors (Lipinski definition) is 3. The van der Waals surface area contributed by atoms with Crippen LogP contribution in [0.15, 0.2) is 17.2 Å². The highest BCUT2D eigenvalue weighted by atomic mass is 32.2. The zero-order chi connectivity index (χ0) is 15.2. The minimum Gasteiger partial charge on any atom is -0.349 e. The molecule has 0 fully saturated rings. The lowest BCUT2D eigenvalue weighted by Crippen LogP contribution is -2.28. The van der Waals surface area contributed by atoms with Gasteiger partial charge in [-0.25, -0.2) is 13.1 Å². The molecule has 2 N–H and O–H groups in total. The zero-order valence-corrected chi connectivity index (χ0v) is 13.8. The highest BCUT2D eigenvalue weighted by Gasteiger charge is 2.18. The van der Waals surface area contributed by atoms with Gasteiger partial charge in [0.2, 0.25) is 10.0 Å². The predicted molar refractivity (Wildman–Crippen MR) is 82.1 cm³/mol. The maximum Gasteiger partial charge on any atom is 0.242 e. The van der Waals surface area contributed by atoms with E-state index in [-0.39, 0.29) is 0 Å². The van der Waals surface area contributed by atoms with E-state index >= 15 is 0 Å². The summed E-state index contributed by atoms with van der Waals surface area (Å²) in [7, 11) is -1.54. The highest BCUT2D eigenvalue weighted by molar-refractivity contribution is 7.89. The largest absolute Gasteiger partial charge is 0.349 e. The molecule has 1 aromatic heterocycles. The van der Waals surface area contributed by atoms with Gasteiger partial charge in [-0.3, -0.25) is 0 Å². The molecule has 5 nitrogen and oxygen atoms in total. The number of nitrogens with one attached hydrogen (secondary N) is 2. The Hall–Kier alpha value is -0.850. The van der Waals surface area contributed by atoms with Crippen molar-refractivity contribution in [2.45, 2.75) is 51.6 Å². The topological polar surface area (TPSA) is 63.1 Å². The first kappa shape index (κ1) is 17.2. The lowest BCUT2D eigenvalue weighted by atomic mass is 10.1.